The Morgan fingerprint density at radius 1 is 1.25 bits per heavy atom. The van der Waals surface area contributed by atoms with Crippen LogP contribution in [-0.4, -0.2) is 21.8 Å². The van der Waals surface area contributed by atoms with Crippen molar-refractivity contribution in [3.05, 3.63) is 51.7 Å². The summed E-state index contributed by atoms with van der Waals surface area (Å²) in [5.41, 5.74) is 6.15. The smallest absolute Gasteiger partial charge is 0.286 e. The van der Waals surface area contributed by atoms with Crippen LogP contribution in [0, 0.1) is 0 Å². The fourth-order valence-electron chi connectivity index (χ4n) is 2.18. The zero-order chi connectivity index (χ0) is 16.9. The maximum atomic E-state index is 11.8. The largest absolute Gasteiger partial charge is 0.356 e. The molecule has 0 bridgehead atoms. The highest BCUT2D eigenvalue weighted by Gasteiger charge is 2.10. The number of H-pyrrole nitrogens is 1. The Balaban J connectivity index is 1.41. The minimum atomic E-state index is -0.389. The minimum absolute atomic E-state index is 0.227. The quantitative estimate of drug-likeness (QED) is 0.568. The lowest BCUT2D eigenvalue weighted by molar-refractivity contribution is -0.121. The first-order chi connectivity index (χ1) is 11.6. The number of rotatable bonds is 5. The third-order valence-corrected chi connectivity index (χ3v) is 4.89. The second-order valence-electron chi connectivity index (χ2n) is 5.16. The number of hydrogen-bond acceptors (Lipinski definition) is 4. The molecule has 0 spiro atoms. The normalized spacial score (nSPS) is 10.7. The molecule has 0 aliphatic carbocycles. The van der Waals surface area contributed by atoms with Crippen LogP contribution in [0.5, 0.6) is 0 Å². The van der Waals surface area contributed by atoms with E-state index >= 15 is 0 Å². The van der Waals surface area contributed by atoms with Crippen molar-refractivity contribution >= 4 is 49.3 Å². The summed E-state index contributed by atoms with van der Waals surface area (Å²) in [6.45, 7) is 0. The Morgan fingerprint density at radius 3 is 2.83 bits per heavy atom. The first-order valence-electron chi connectivity index (χ1n) is 7.39. The number of hydrogen-bond donors (Lipinski definition) is 3. The van der Waals surface area contributed by atoms with E-state index in [1.54, 1.807) is 23.6 Å². The number of amides is 2. The molecule has 6 nitrogen and oxygen atoms in total. The predicted molar refractivity (Wildman–Crippen MR) is 96.7 cm³/mol. The van der Waals surface area contributed by atoms with Gasteiger partial charge in [0.25, 0.3) is 5.91 Å². The summed E-state index contributed by atoms with van der Waals surface area (Å²) < 4.78 is 1.93. The number of para-hydroxylation sites is 1. The van der Waals surface area contributed by atoms with E-state index in [0.717, 1.165) is 26.1 Å². The van der Waals surface area contributed by atoms with E-state index in [1.165, 1.54) is 0 Å². The van der Waals surface area contributed by atoms with Gasteiger partial charge in [0.1, 0.15) is 5.69 Å². The summed E-state index contributed by atoms with van der Waals surface area (Å²) in [7, 11) is 0. The minimum Gasteiger partial charge on any atom is -0.356 e. The maximum absolute atomic E-state index is 11.8. The van der Waals surface area contributed by atoms with Gasteiger partial charge in [-0.2, -0.15) is 0 Å². The molecular weight excluding hydrogens is 392 g/mol. The molecule has 0 fully saturated rings. The molecule has 3 aromatic rings. The number of benzene rings is 1. The lowest BCUT2D eigenvalue weighted by Crippen LogP contribution is -2.41. The molecule has 0 atom stereocenters. The predicted octanol–water partition coefficient (Wildman–Crippen LogP) is 3.17. The van der Waals surface area contributed by atoms with Crippen molar-refractivity contribution in [3.63, 3.8) is 0 Å². The Labute approximate surface area is 150 Å². The van der Waals surface area contributed by atoms with Gasteiger partial charge in [-0.15, -0.1) is 11.3 Å². The van der Waals surface area contributed by atoms with E-state index in [1.807, 2.05) is 24.3 Å². The average Bonchev–Trinajstić information content (AvgIpc) is 3.18. The number of nitrogens with one attached hydrogen (secondary N) is 3. The summed E-state index contributed by atoms with van der Waals surface area (Å²) in [6, 6.07) is 9.61. The van der Waals surface area contributed by atoms with Crippen molar-refractivity contribution < 1.29 is 9.59 Å². The SMILES string of the molecule is O=C(CCCc1nc2ccccc2s1)NNC(=O)c1cc(Br)c[nH]1. The van der Waals surface area contributed by atoms with E-state index in [-0.39, 0.29) is 11.8 Å². The van der Waals surface area contributed by atoms with Crippen molar-refractivity contribution in [3.8, 4) is 0 Å². The summed E-state index contributed by atoms with van der Waals surface area (Å²) >= 11 is 4.89. The van der Waals surface area contributed by atoms with E-state index in [0.29, 0.717) is 18.5 Å². The summed E-state index contributed by atoms with van der Waals surface area (Å²) in [4.78, 5) is 30.9. The molecule has 24 heavy (non-hydrogen) atoms. The van der Waals surface area contributed by atoms with Gasteiger partial charge in [0, 0.05) is 17.1 Å². The van der Waals surface area contributed by atoms with Gasteiger partial charge in [-0.3, -0.25) is 20.4 Å². The highest BCUT2D eigenvalue weighted by atomic mass is 79.9. The number of halogens is 1. The molecule has 124 valence electrons. The molecule has 0 unspecified atom stereocenters. The van der Waals surface area contributed by atoms with Crippen LogP contribution in [0.25, 0.3) is 10.2 Å². The average molecular weight is 407 g/mol. The van der Waals surface area contributed by atoms with Crippen molar-refractivity contribution in [1.82, 2.24) is 20.8 Å². The fourth-order valence-corrected chi connectivity index (χ4v) is 3.53. The number of hydrazine groups is 1. The number of carbonyl (C=O) groups excluding carboxylic acids is 2. The second-order valence-corrected chi connectivity index (χ2v) is 7.19. The number of fused-ring (bicyclic) bond motifs is 1. The zero-order valence-electron chi connectivity index (χ0n) is 12.6. The number of aromatic amines is 1. The molecule has 3 rings (SSSR count). The van der Waals surface area contributed by atoms with Gasteiger partial charge in [-0.05, 0) is 47.0 Å². The van der Waals surface area contributed by atoms with Crippen molar-refractivity contribution in [1.29, 1.82) is 0 Å². The molecule has 2 heterocycles. The third kappa shape index (κ3) is 4.21. The molecule has 0 aliphatic rings. The molecule has 0 radical (unpaired) electrons. The van der Waals surface area contributed by atoms with Gasteiger partial charge >= 0.3 is 0 Å². The summed E-state index contributed by atoms with van der Waals surface area (Å²) in [5.74, 6) is -0.615. The molecular formula is C16H15BrN4O2S. The van der Waals surface area contributed by atoms with Crippen LogP contribution in [-0.2, 0) is 11.2 Å². The molecule has 8 heteroatoms. The van der Waals surface area contributed by atoms with Gasteiger partial charge < -0.3 is 4.98 Å². The van der Waals surface area contributed by atoms with Gasteiger partial charge in [-0.1, -0.05) is 12.1 Å². The lowest BCUT2D eigenvalue weighted by atomic mass is 10.2. The van der Waals surface area contributed by atoms with E-state index in [4.69, 9.17) is 0 Å². The molecule has 1 aromatic carbocycles. The van der Waals surface area contributed by atoms with Gasteiger partial charge in [0.2, 0.25) is 5.91 Å². The van der Waals surface area contributed by atoms with Crippen molar-refractivity contribution in [2.24, 2.45) is 0 Å². The monoisotopic (exact) mass is 406 g/mol. The van der Waals surface area contributed by atoms with Crippen LogP contribution in [0.4, 0.5) is 0 Å². The number of carbonyl (C=O) groups is 2. The highest BCUT2D eigenvalue weighted by Crippen LogP contribution is 2.22. The van der Waals surface area contributed by atoms with Crippen LogP contribution in [0.1, 0.15) is 28.3 Å². The topological polar surface area (TPSA) is 86.9 Å². The number of thiazole rings is 1. The zero-order valence-corrected chi connectivity index (χ0v) is 15.0. The molecule has 0 saturated carbocycles. The molecule has 0 aliphatic heterocycles. The van der Waals surface area contributed by atoms with Crippen LogP contribution < -0.4 is 10.9 Å². The van der Waals surface area contributed by atoms with Crippen LogP contribution in [0.15, 0.2) is 41.0 Å². The standard InChI is InChI=1S/C16H15BrN4O2S/c17-10-8-12(18-9-10)16(23)21-20-14(22)6-3-7-15-19-11-4-1-2-5-13(11)24-15/h1-2,4-5,8-9,18H,3,6-7H2,(H,20,22)(H,21,23). The number of aromatic nitrogens is 2. The number of nitrogens with zero attached hydrogens (tertiary/aromatic N) is 1. The van der Waals surface area contributed by atoms with E-state index in [9.17, 15) is 9.59 Å². The van der Waals surface area contributed by atoms with Crippen molar-refractivity contribution in [2.75, 3.05) is 0 Å². The molecule has 2 amide bonds. The van der Waals surface area contributed by atoms with Gasteiger partial charge in [0.05, 0.1) is 15.2 Å². The first-order valence-corrected chi connectivity index (χ1v) is 9.00. The molecule has 2 aromatic heterocycles. The molecule has 3 N–H and O–H groups in total. The maximum Gasteiger partial charge on any atom is 0.286 e. The fraction of sp³-hybridized carbons (Fsp3) is 0.188. The second kappa shape index (κ2) is 7.59. The van der Waals surface area contributed by atoms with Crippen LogP contribution >= 0.6 is 27.3 Å². The Hall–Kier alpha value is -2.19. The van der Waals surface area contributed by atoms with Crippen LogP contribution in [0.2, 0.25) is 0 Å². The lowest BCUT2D eigenvalue weighted by Gasteiger charge is -2.05. The summed E-state index contributed by atoms with van der Waals surface area (Å²) in [6.07, 6.45) is 3.39. The van der Waals surface area contributed by atoms with Gasteiger partial charge in [-0.25, -0.2) is 4.98 Å². The number of aryl methyl sites for hydroxylation is 1. The Kier molecular flexibility index (Phi) is 5.27. The van der Waals surface area contributed by atoms with Gasteiger partial charge in [0.15, 0.2) is 0 Å². The third-order valence-electron chi connectivity index (χ3n) is 3.34. The Morgan fingerprint density at radius 2 is 2.08 bits per heavy atom. The summed E-state index contributed by atoms with van der Waals surface area (Å²) in [5, 5.41) is 1.02. The first kappa shape index (κ1) is 16.7. The molecule has 0 saturated heterocycles. The van der Waals surface area contributed by atoms with E-state index in [2.05, 4.69) is 36.7 Å². The van der Waals surface area contributed by atoms with E-state index < -0.39 is 0 Å². The van der Waals surface area contributed by atoms with Crippen LogP contribution in [0.3, 0.4) is 0 Å². The highest BCUT2D eigenvalue weighted by molar-refractivity contribution is 9.10. The van der Waals surface area contributed by atoms with Crippen molar-refractivity contribution in [2.45, 2.75) is 19.3 Å². The Bertz CT molecular complexity index is 841.